The van der Waals surface area contributed by atoms with E-state index in [9.17, 15) is 14.4 Å². The number of anilines is 1. The number of hydrogen-bond acceptors (Lipinski definition) is 5. The van der Waals surface area contributed by atoms with E-state index < -0.39 is 0 Å². The van der Waals surface area contributed by atoms with Gasteiger partial charge in [-0.15, -0.1) is 0 Å². The molecule has 0 bridgehead atoms. The number of carbonyl (C=O) groups is 3. The normalized spacial score (nSPS) is 14.4. The van der Waals surface area contributed by atoms with Crippen molar-refractivity contribution >= 4 is 84.0 Å². The van der Waals surface area contributed by atoms with Crippen LogP contribution in [-0.4, -0.2) is 28.6 Å². The zero-order chi connectivity index (χ0) is 25.8. The van der Waals surface area contributed by atoms with Gasteiger partial charge in [0.15, 0.2) is 6.61 Å². The lowest BCUT2D eigenvalue weighted by Crippen LogP contribution is -2.27. The molecule has 3 aromatic rings. The maximum atomic E-state index is 12.8. The van der Waals surface area contributed by atoms with Crippen molar-refractivity contribution in [1.29, 1.82) is 0 Å². The minimum atomic E-state index is -0.336. The fraction of sp³-hybridized carbons (Fsp3) is 0.115. The Morgan fingerprint density at radius 2 is 1.83 bits per heavy atom. The third kappa shape index (κ3) is 6.59. The lowest BCUT2D eigenvalue weighted by molar-refractivity contribution is -0.123. The van der Waals surface area contributed by atoms with E-state index in [1.165, 1.54) is 4.90 Å². The number of imide groups is 1. The van der Waals surface area contributed by atoms with Gasteiger partial charge in [0.25, 0.3) is 17.1 Å². The average Bonchev–Trinajstić information content (AvgIpc) is 3.09. The smallest absolute Gasteiger partial charge is 0.293 e. The molecule has 0 atom stereocenters. The number of rotatable bonds is 7. The highest BCUT2D eigenvalue weighted by Crippen LogP contribution is 2.35. The van der Waals surface area contributed by atoms with Crippen LogP contribution in [-0.2, 0) is 16.1 Å². The summed E-state index contributed by atoms with van der Waals surface area (Å²) in [5, 5.41) is 3.00. The molecule has 3 aromatic carbocycles. The standard InChI is InChI=1S/C26H19Br2ClN2O4S/c1-15-2-8-19(12-21(15)29)30-24(32)14-35-22-9-5-17(10-20(22)28)11-23-25(33)31(26(34)36-23)13-16-3-6-18(27)7-4-16/h2-12H,13-14H2,1H3,(H,30,32)/b23-11-. The second-order valence-electron chi connectivity index (χ2n) is 7.88. The molecule has 0 radical (unpaired) electrons. The molecule has 1 heterocycles. The van der Waals surface area contributed by atoms with Gasteiger partial charge in [0, 0.05) is 15.2 Å². The number of nitrogens with one attached hydrogen (secondary N) is 1. The minimum absolute atomic E-state index is 0.196. The van der Waals surface area contributed by atoms with Gasteiger partial charge in [-0.1, -0.05) is 51.8 Å². The predicted molar refractivity (Wildman–Crippen MR) is 150 cm³/mol. The lowest BCUT2D eigenvalue weighted by atomic mass is 10.2. The SMILES string of the molecule is Cc1ccc(NC(=O)COc2ccc(/C=C3\SC(=O)N(Cc4ccc(Br)cc4)C3=O)cc2Br)cc1Cl. The molecule has 1 saturated heterocycles. The number of ether oxygens (including phenoxy) is 1. The number of aryl methyl sites for hydroxylation is 1. The van der Waals surface area contributed by atoms with Crippen LogP contribution < -0.4 is 10.1 Å². The van der Waals surface area contributed by atoms with Gasteiger partial charge < -0.3 is 10.1 Å². The number of nitrogens with zero attached hydrogens (tertiary/aromatic N) is 1. The average molecular weight is 651 g/mol. The first-order valence-corrected chi connectivity index (χ1v) is 13.5. The highest BCUT2D eigenvalue weighted by molar-refractivity contribution is 9.10. The Kier molecular flexibility index (Phi) is 8.56. The van der Waals surface area contributed by atoms with E-state index in [2.05, 4.69) is 37.2 Å². The molecule has 3 amide bonds. The Balaban J connectivity index is 1.37. The van der Waals surface area contributed by atoms with Crippen molar-refractivity contribution < 1.29 is 19.1 Å². The number of thioether (sulfide) groups is 1. The molecule has 1 fully saturated rings. The minimum Gasteiger partial charge on any atom is -0.483 e. The highest BCUT2D eigenvalue weighted by atomic mass is 79.9. The molecule has 1 aliphatic heterocycles. The van der Waals surface area contributed by atoms with Crippen LogP contribution in [0.15, 0.2) is 74.5 Å². The second kappa shape index (κ2) is 11.6. The first-order chi connectivity index (χ1) is 17.2. The van der Waals surface area contributed by atoms with Crippen LogP contribution in [0.1, 0.15) is 16.7 Å². The largest absolute Gasteiger partial charge is 0.483 e. The van der Waals surface area contributed by atoms with E-state index in [4.69, 9.17) is 16.3 Å². The molecule has 0 aromatic heterocycles. The van der Waals surface area contributed by atoms with E-state index in [-0.39, 0.29) is 30.2 Å². The lowest BCUT2D eigenvalue weighted by Gasteiger charge is -2.12. The molecule has 0 unspecified atom stereocenters. The summed E-state index contributed by atoms with van der Waals surface area (Å²) in [6.45, 7) is 1.90. The van der Waals surface area contributed by atoms with Crippen molar-refractivity contribution in [3.63, 3.8) is 0 Å². The van der Waals surface area contributed by atoms with E-state index in [1.54, 1.807) is 36.4 Å². The van der Waals surface area contributed by atoms with E-state index >= 15 is 0 Å². The van der Waals surface area contributed by atoms with Crippen LogP contribution in [0.5, 0.6) is 5.75 Å². The molecule has 0 aliphatic carbocycles. The van der Waals surface area contributed by atoms with Crippen molar-refractivity contribution in [2.45, 2.75) is 13.5 Å². The summed E-state index contributed by atoms with van der Waals surface area (Å²) in [5.74, 6) is -0.199. The van der Waals surface area contributed by atoms with Gasteiger partial charge in [0.1, 0.15) is 5.75 Å². The Morgan fingerprint density at radius 1 is 1.08 bits per heavy atom. The number of amides is 3. The summed E-state index contributed by atoms with van der Waals surface area (Å²) in [4.78, 5) is 39.1. The molecular formula is C26H19Br2ClN2O4S. The summed E-state index contributed by atoms with van der Waals surface area (Å²) in [7, 11) is 0. The molecular weight excluding hydrogens is 632 g/mol. The summed E-state index contributed by atoms with van der Waals surface area (Å²) in [6.07, 6.45) is 1.66. The third-order valence-corrected chi connectivity index (χ3v) is 7.66. The Hall–Kier alpha value is -2.59. The molecule has 0 saturated carbocycles. The summed E-state index contributed by atoms with van der Waals surface area (Å²) < 4.78 is 7.16. The van der Waals surface area contributed by atoms with E-state index in [1.807, 2.05) is 37.3 Å². The predicted octanol–water partition coefficient (Wildman–Crippen LogP) is 7.43. The molecule has 6 nitrogen and oxygen atoms in total. The maximum Gasteiger partial charge on any atom is 0.293 e. The molecule has 1 aliphatic rings. The van der Waals surface area contributed by atoms with Crippen molar-refractivity contribution in [1.82, 2.24) is 4.90 Å². The van der Waals surface area contributed by atoms with Gasteiger partial charge >= 0.3 is 0 Å². The number of hydrogen-bond donors (Lipinski definition) is 1. The molecule has 184 valence electrons. The van der Waals surface area contributed by atoms with Gasteiger partial charge in [0.05, 0.1) is 15.9 Å². The second-order valence-corrected chi connectivity index (χ2v) is 11.1. The Morgan fingerprint density at radius 3 is 2.53 bits per heavy atom. The Bertz CT molecular complexity index is 1380. The summed E-state index contributed by atoms with van der Waals surface area (Å²) in [5.41, 5.74) is 3.08. The van der Waals surface area contributed by atoms with Crippen molar-refractivity contribution in [3.05, 3.63) is 96.2 Å². The van der Waals surface area contributed by atoms with Crippen LogP contribution in [0.25, 0.3) is 6.08 Å². The van der Waals surface area contributed by atoms with Crippen LogP contribution in [0, 0.1) is 6.92 Å². The topological polar surface area (TPSA) is 75.7 Å². The number of benzene rings is 3. The van der Waals surface area contributed by atoms with E-state index in [0.717, 1.165) is 27.4 Å². The quantitative estimate of drug-likeness (QED) is 0.269. The highest BCUT2D eigenvalue weighted by Gasteiger charge is 2.35. The number of carbonyl (C=O) groups excluding carboxylic acids is 3. The van der Waals surface area contributed by atoms with Gasteiger partial charge in [-0.25, -0.2) is 0 Å². The van der Waals surface area contributed by atoms with Gasteiger partial charge in [-0.3, -0.25) is 19.3 Å². The van der Waals surface area contributed by atoms with Crippen LogP contribution >= 0.6 is 55.2 Å². The first kappa shape index (κ1) is 26.5. The van der Waals surface area contributed by atoms with Gasteiger partial charge in [-0.2, -0.15) is 0 Å². The fourth-order valence-electron chi connectivity index (χ4n) is 3.29. The molecule has 0 spiro atoms. The molecule has 4 rings (SSSR count). The molecule has 1 N–H and O–H groups in total. The van der Waals surface area contributed by atoms with Gasteiger partial charge in [0.2, 0.25) is 0 Å². The zero-order valence-electron chi connectivity index (χ0n) is 18.9. The van der Waals surface area contributed by atoms with E-state index in [0.29, 0.717) is 31.4 Å². The monoisotopic (exact) mass is 648 g/mol. The van der Waals surface area contributed by atoms with Crippen LogP contribution in [0.3, 0.4) is 0 Å². The Labute approximate surface area is 234 Å². The zero-order valence-corrected chi connectivity index (χ0v) is 23.6. The van der Waals surface area contributed by atoms with Crippen molar-refractivity contribution in [3.8, 4) is 5.75 Å². The van der Waals surface area contributed by atoms with Gasteiger partial charge in [-0.05, 0) is 93.8 Å². The first-order valence-electron chi connectivity index (χ1n) is 10.7. The summed E-state index contributed by atoms with van der Waals surface area (Å²) in [6, 6.07) is 17.9. The van der Waals surface area contributed by atoms with Crippen LogP contribution in [0.4, 0.5) is 10.5 Å². The number of halogens is 3. The molecule has 36 heavy (non-hydrogen) atoms. The molecule has 10 heteroatoms. The third-order valence-electron chi connectivity index (χ3n) is 5.20. The van der Waals surface area contributed by atoms with Crippen molar-refractivity contribution in [2.24, 2.45) is 0 Å². The summed E-state index contributed by atoms with van der Waals surface area (Å²) >= 11 is 13.8. The van der Waals surface area contributed by atoms with Crippen molar-refractivity contribution in [2.75, 3.05) is 11.9 Å². The fourth-order valence-corrected chi connectivity index (χ4v) is 5.09. The van der Waals surface area contributed by atoms with Crippen LogP contribution in [0.2, 0.25) is 5.02 Å². The maximum absolute atomic E-state index is 12.8.